The van der Waals surface area contributed by atoms with E-state index < -0.39 is 24.6 Å². The Balaban J connectivity index is 4.37. The van der Waals surface area contributed by atoms with Gasteiger partial charge in [0.25, 0.3) is 0 Å². The van der Waals surface area contributed by atoms with Crippen molar-refractivity contribution < 1.29 is 19.7 Å². The van der Waals surface area contributed by atoms with Crippen LogP contribution in [-0.2, 0) is 9.53 Å². The lowest BCUT2D eigenvalue weighted by atomic mass is 9.87. The van der Waals surface area contributed by atoms with Gasteiger partial charge in [-0.05, 0) is 6.42 Å². The van der Waals surface area contributed by atoms with Crippen molar-refractivity contribution in [1.29, 1.82) is 0 Å². The number of terminal acetylenes is 1. The maximum atomic E-state index is 11.3. The second-order valence-corrected chi connectivity index (χ2v) is 2.73. The predicted molar refractivity (Wildman–Crippen MR) is 46.7 cm³/mol. The maximum Gasteiger partial charge on any atom is 0.317 e. The van der Waals surface area contributed by atoms with Crippen LogP contribution in [0.3, 0.4) is 0 Å². The number of aliphatic hydroxyl groups is 2. The first kappa shape index (κ1) is 11.9. The standard InChI is InChI=1S/C9H14O4/c1-3-5-13-8(12)9(4-2,6-10)7-11/h1,10-11H,4-7H2,2H3. The van der Waals surface area contributed by atoms with E-state index in [0.29, 0.717) is 6.42 Å². The van der Waals surface area contributed by atoms with Crippen LogP contribution in [0.1, 0.15) is 13.3 Å². The van der Waals surface area contributed by atoms with Crippen molar-refractivity contribution in [3.8, 4) is 12.3 Å². The molecule has 0 aromatic rings. The van der Waals surface area contributed by atoms with Crippen molar-refractivity contribution in [2.24, 2.45) is 5.41 Å². The van der Waals surface area contributed by atoms with E-state index in [2.05, 4.69) is 10.7 Å². The molecule has 0 unspecified atom stereocenters. The molecule has 0 radical (unpaired) electrons. The van der Waals surface area contributed by atoms with E-state index in [4.69, 9.17) is 16.6 Å². The zero-order chi connectivity index (χ0) is 10.3. The maximum absolute atomic E-state index is 11.3. The number of rotatable bonds is 5. The van der Waals surface area contributed by atoms with Crippen molar-refractivity contribution in [2.75, 3.05) is 19.8 Å². The van der Waals surface area contributed by atoms with Gasteiger partial charge in [0.05, 0.1) is 13.2 Å². The van der Waals surface area contributed by atoms with Gasteiger partial charge in [-0.3, -0.25) is 4.79 Å². The first-order chi connectivity index (χ1) is 6.16. The highest BCUT2D eigenvalue weighted by molar-refractivity contribution is 5.77. The Morgan fingerprint density at radius 2 is 2.08 bits per heavy atom. The van der Waals surface area contributed by atoms with Gasteiger partial charge in [-0.1, -0.05) is 12.8 Å². The highest BCUT2D eigenvalue weighted by Gasteiger charge is 2.37. The summed E-state index contributed by atoms with van der Waals surface area (Å²) in [6.45, 7) is 0.664. The zero-order valence-corrected chi connectivity index (χ0v) is 7.62. The molecule has 0 aromatic heterocycles. The molecule has 0 heterocycles. The number of hydrogen-bond donors (Lipinski definition) is 2. The van der Waals surface area contributed by atoms with Gasteiger partial charge in [0, 0.05) is 0 Å². The highest BCUT2D eigenvalue weighted by atomic mass is 16.5. The third-order valence-corrected chi connectivity index (χ3v) is 2.00. The summed E-state index contributed by atoms with van der Waals surface area (Å²) in [7, 11) is 0. The fourth-order valence-electron chi connectivity index (χ4n) is 0.807. The van der Waals surface area contributed by atoms with Crippen LogP contribution in [0, 0.1) is 17.8 Å². The summed E-state index contributed by atoms with van der Waals surface area (Å²) in [5.41, 5.74) is -1.21. The first-order valence-electron chi connectivity index (χ1n) is 3.99. The Hall–Kier alpha value is -1.05. The minimum Gasteiger partial charge on any atom is -0.452 e. The topological polar surface area (TPSA) is 66.8 Å². The largest absolute Gasteiger partial charge is 0.452 e. The average molecular weight is 186 g/mol. The van der Waals surface area contributed by atoms with E-state index in [9.17, 15) is 4.79 Å². The van der Waals surface area contributed by atoms with Crippen LogP contribution in [0.2, 0.25) is 0 Å². The van der Waals surface area contributed by atoms with E-state index >= 15 is 0 Å². The molecule has 0 saturated carbocycles. The fraction of sp³-hybridized carbons (Fsp3) is 0.667. The van der Waals surface area contributed by atoms with Crippen molar-refractivity contribution in [3.63, 3.8) is 0 Å². The number of hydrogen-bond acceptors (Lipinski definition) is 4. The van der Waals surface area contributed by atoms with Crippen LogP contribution in [0.25, 0.3) is 0 Å². The van der Waals surface area contributed by atoms with E-state index in [1.165, 1.54) is 0 Å². The van der Waals surface area contributed by atoms with E-state index in [-0.39, 0.29) is 6.61 Å². The molecular weight excluding hydrogens is 172 g/mol. The molecule has 0 spiro atoms. The van der Waals surface area contributed by atoms with E-state index in [1.807, 2.05) is 0 Å². The Morgan fingerprint density at radius 1 is 1.54 bits per heavy atom. The van der Waals surface area contributed by atoms with Crippen molar-refractivity contribution in [3.05, 3.63) is 0 Å². The lowest BCUT2D eigenvalue weighted by molar-refractivity contribution is -0.160. The van der Waals surface area contributed by atoms with Crippen LogP contribution in [0.5, 0.6) is 0 Å². The fourth-order valence-corrected chi connectivity index (χ4v) is 0.807. The van der Waals surface area contributed by atoms with Crippen LogP contribution in [-0.4, -0.2) is 36.0 Å². The first-order valence-corrected chi connectivity index (χ1v) is 3.99. The predicted octanol–water partition coefficient (Wildman–Crippen LogP) is -0.456. The summed E-state index contributed by atoms with van der Waals surface area (Å²) >= 11 is 0. The molecule has 13 heavy (non-hydrogen) atoms. The lowest BCUT2D eigenvalue weighted by Gasteiger charge is -2.24. The molecule has 0 bridgehead atoms. The minimum absolute atomic E-state index is 0.138. The zero-order valence-electron chi connectivity index (χ0n) is 7.62. The molecule has 0 fully saturated rings. The molecule has 0 atom stereocenters. The number of aliphatic hydroxyl groups excluding tert-OH is 2. The molecule has 2 N–H and O–H groups in total. The molecular formula is C9H14O4. The number of carbonyl (C=O) groups is 1. The molecule has 0 aliphatic carbocycles. The Labute approximate surface area is 77.5 Å². The molecule has 74 valence electrons. The van der Waals surface area contributed by atoms with Gasteiger partial charge in [-0.25, -0.2) is 0 Å². The molecule has 4 heteroatoms. The second kappa shape index (κ2) is 5.57. The molecule has 4 nitrogen and oxygen atoms in total. The quantitative estimate of drug-likeness (QED) is 0.450. The Morgan fingerprint density at radius 3 is 2.38 bits per heavy atom. The van der Waals surface area contributed by atoms with Gasteiger partial charge >= 0.3 is 5.97 Å². The summed E-state index contributed by atoms with van der Waals surface area (Å²) in [5, 5.41) is 17.9. The number of carbonyl (C=O) groups excluding carboxylic acids is 1. The minimum atomic E-state index is -1.21. The number of ether oxygens (including phenoxy) is 1. The molecule has 0 aromatic carbocycles. The second-order valence-electron chi connectivity index (χ2n) is 2.73. The summed E-state index contributed by atoms with van der Waals surface area (Å²) < 4.78 is 4.63. The summed E-state index contributed by atoms with van der Waals surface area (Å²) in [4.78, 5) is 11.3. The normalized spacial score (nSPS) is 10.6. The van der Waals surface area contributed by atoms with Crippen LogP contribution >= 0.6 is 0 Å². The van der Waals surface area contributed by atoms with Crippen molar-refractivity contribution in [1.82, 2.24) is 0 Å². The van der Waals surface area contributed by atoms with Crippen molar-refractivity contribution in [2.45, 2.75) is 13.3 Å². The summed E-state index contributed by atoms with van der Waals surface area (Å²) in [6, 6.07) is 0. The smallest absolute Gasteiger partial charge is 0.317 e. The lowest BCUT2D eigenvalue weighted by Crippen LogP contribution is -2.39. The van der Waals surface area contributed by atoms with Crippen LogP contribution in [0.4, 0.5) is 0 Å². The highest BCUT2D eigenvalue weighted by Crippen LogP contribution is 2.22. The summed E-state index contributed by atoms with van der Waals surface area (Å²) in [5.74, 6) is 1.48. The van der Waals surface area contributed by atoms with Gasteiger partial charge in [-0.15, -0.1) is 6.42 Å². The summed E-state index contributed by atoms with van der Waals surface area (Å²) in [6.07, 6.45) is 5.20. The SMILES string of the molecule is C#CCOC(=O)C(CC)(CO)CO. The van der Waals surface area contributed by atoms with Gasteiger partial charge in [0.2, 0.25) is 0 Å². The molecule has 0 rings (SSSR count). The van der Waals surface area contributed by atoms with E-state index in [0.717, 1.165) is 0 Å². The monoisotopic (exact) mass is 186 g/mol. The molecule has 0 aliphatic rings. The third-order valence-electron chi connectivity index (χ3n) is 2.00. The van der Waals surface area contributed by atoms with E-state index in [1.54, 1.807) is 6.92 Å². The number of esters is 1. The molecule has 0 aliphatic heterocycles. The van der Waals surface area contributed by atoms with Gasteiger partial charge in [0.15, 0.2) is 6.61 Å². The van der Waals surface area contributed by atoms with Crippen molar-refractivity contribution >= 4 is 5.97 Å². The Bertz CT molecular complexity index is 192. The molecule has 0 saturated heterocycles. The third kappa shape index (κ3) is 2.72. The van der Waals surface area contributed by atoms with Gasteiger partial charge in [0.1, 0.15) is 5.41 Å². The van der Waals surface area contributed by atoms with Crippen LogP contribution < -0.4 is 0 Å². The van der Waals surface area contributed by atoms with Gasteiger partial charge < -0.3 is 14.9 Å². The Kier molecular flexibility index (Phi) is 5.12. The van der Waals surface area contributed by atoms with Crippen LogP contribution in [0.15, 0.2) is 0 Å². The average Bonchev–Trinajstić information content (AvgIpc) is 2.18. The van der Waals surface area contributed by atoms with Gasteiger partial charge in [-0.2, -0.15) is 0 Å². The molecule has 0 amide bonds.